The molecule has 1 atom stereocenters. The van der Waals surface area contributed by atoms with Gasteiger partial charge in [0.15, 0.2) is 0 Å². The Bertz CT molecular complexity index is 482. The minimum atomic E-state index is -4.14. The zero-order valence-corrected chi connectivity index (χ0v) is 12.7. The van der Waals surface area contributed by atoms with Crippen LogP contribution in [0.15, 0.2) is 29.2 Å². The molecule has 3 nitrogen and oxygen atoms in total. The van der Waals surface area contributed by atoms with Gasteiger partial charge in [-0.2, -0.15) is 8.42 Å². The lowest BCUT2D eigenvalue weighted by Gasteiger charge is -2.08. The molecule has 0 aliphatic rings. The second kappa shape index (κ2) is 8.37. The van der Waals surface area contributed by atoms with E-state index in [2.05, 4.69) is 6.92 Å². The second-order valence-electron chi connectivity index (χ2n) is 5.10. The summed E-state index contributed by atoms with van der Waals surface area (Å²) >= 11 is 0. The first-order chi connectivity index (χ1) is 9.43. The molecule has 0 amide bonds. The van der Waals surface area contributed by atoms with Crippen molar-refractivity contribution in [3.8, 4) is 0 Å². The summed E-state index contributed by atoms with van der Waals surface area (Å²) in [6, 6.07) is 5.93. The van der Waals surface area contributed by atoms with Crippen molar-refractivity contribution in [2.45, 2.75) is 62.9 Å². The Morgan fingerprint density at radius 1 is 1.10 bits per heavy atom. The molecule has 1 N–H and O–H groups in total. The maximum Gasteiger partial charge on any atom is 0.294 e. The minimum Gasteiger partial charge on any atom is -0.282 e. The average Bonchev–Trinajstić information content (AvgIpc) is 2.41. The van der Waals surface area contributed by atoms with Gasteiger partial charge in [-0.3, -0.25) is 4.55 Å². The molecule has 1 aromatic rings. The molecule has 0 radical (unpaired) electrons. The first-order valence-electron chi connectivity index (χ1n) is 7.14. The molecule has 1 aromatic carbocycles. The van der Waals surface area contributed by atoms with E-state index in [9.17, 15) is 12.8 Å². The van der Waals surface area contributed by atoms with Crippen LogP contribution in [-0.2, 0) is 16.5 Å². The van der Waals surface area contributed by atoms with Gasteiger partial charge in [0.1, 0.15) is 6.17 Å². The van der Waals surface area contributed by atoms with Crippen molar-refractivity contribution in [1.82, 2.24) is 0 Å². The third-order valence-corrected chi connectivity index (χ3v) is 4.21. The number of rotatable bonds is 9. The van der Waals surface area contributed by atoms with Crippen molar-refractivity contribution in [3.63, 3.8) is 0 Å². The summed E-state index contributed by atoms with van der Waals surface area (Å²) in [6.07, 6.45) is 5.16. The van der Waals surface area contributed by atoms with E-state index in [1.807, 2.05) is 0 Å². The number of unbranched alkanes of at least 4 members (excludes halogenated alkanes) is 3. The number of aryl methyl sites for hydroxylation is 1. The van der Waals surface area contributed by atoms with Gasteiger partial charge in [-0.25, -0.2) is 4.39 Å². The second-order valence-corrected chi connectivity index (χ2v) is 6.53. The third kappa shape index (κ3) is 6.48. The highest BCUT2D eigenvalue weighted by Crippen LogP contribution is 2.16. The zero-order chi connectivity index (χ0) is 15.0. The van der Waals surface area contributed by atoms with Crippen molar-refractivity contribution in [1.29, 1.82) is 0 Å². The van der Waals surface area contributed by atoms with E-state index in [0.717, 1.165) is 31.2 Å². The SMILES string of the molecule is CCCCCCC(F)CCc1ccc(S(=O)(=O)O)cc1. The van der Waals surface area contributed by atoms with Gasteiger partial charge in [-0.15, -0.1) is 0 Å². The van der Waals surface area contributed by atoms with Crippen molar-refractivity contribution < 1.29 is 17.4 Å². The van der Waals surface area contributed by atoms with Crippen LogP contribution in [0.2, 0.25) is 0 Å². The molecule has 114 valence electrons. The third-order valence-electron chi connectivity index (χ3n) is 3.34. The molecule has 1 rings (SSSR count). The van der Waals surface area contributed by atoms with Crippen LogP contribution in [0.5, 0.6) is 0 Å². The predicted octanol–water partition coefficient (Wildman–Crippen LogP) is 4.17. The molecule has 0 saturated heterocycles. The molecule has 0 saturated carbocycles. The van der Waals surface area contributed by atoms with Crippen LogP contribution >= 0.6 is 0 Å². The van der Waals surface area contributed by atoms with Crippen LogP contribution < -0.4 is 0 Å². The van der Waals surface area contributed by atoms with E-state index in [1.54, 1.807) is 12.1 Å². The van der Waals surface area contributed by atoms with Crippen molar-refractivity contribution in [2.24, 2.45) is 0 Å². The number of halogens is 1. The van der Waals surface area contributed by atoms with Crippen LogP contribution in [0.4, 0.5) is 4.39 Å². The summed E-state index contributed by atoms with van der Waals surface area (Å²) in [4.78, 5) is -0.127. The monoisotopic (exact) mass is 302 g/mol. The molecule has 20 heavy (non-hydrogen) atoms. The van der Waals surface area contributed by atoms with Crippen LogP contribution in [0.3, 0.4) is 0 Å². The van der Waals surface area contributed by atoms with Crippen LogP contribution in [0.25, 0.3) is 0 Å². The number of hydrogen-bond acceptors (Lipinski definition) is 2. The van der Waals surface area contributed by atoms with Gasteiger partial charge in [-0.05, 0) is 37.0 Å². The smallest absolute Gasteiger partial charge is 0.282 e. The summed E-state index contributed by atoms with van der Waals surface area (Å²) < 4.78 is 44.3. The summed E-state index contributed by atoms with van der Waals surface area (Å²) in [5.74, 6) is 0. The molecule has 0 aliphatic carbocycles. The zero-order valence-electron chi connectivity index (χ0n) is 11.9. The Labute approximate surface area is 121 Å². The van der Waals surface area contributed by atoms with Gasteiger partial charge >= 0.3 is 0 Å². The fourth-order valence-corrected chi connectivity index (χ4v) is 2.57. The molecule has 0 aliphatic heterocycles. The Morgan fingerprint density at radius 3 is 2.30 bits per heavy atom. The van der Waals surface area contributed by atoms with Gasteiger partial charge in [0.25, 0.3) is 10.1 Å². The summed E-state index contributed by atoms with van der Waals surface area (Å²) in [5.41, 5.74) is 0.883. The molecule has 5 heteroatoms. The number of benzene rings is 1. The van der Waals surface area contributed by atoms with Gasteiger partial charge in [-0.1, -0.05) is 44.7 Å². The highest BCUT2D eigenvalue weighted by atomic mass is 32.2. The van der Waals surface area contributed by atoms with E-state index in [0.29, 0.717) is 19.3 Å². The van der Waals surface area contributed by atoms with Crippen molar-refractivity contribution >= 4 is 10.1 Å². The van der Waals surface area contributed by atoms with Gasteiger partial charge in [0.2, 0.25) is 0 Å². The van der Waals surface area contributed by atoms with Gasteiger partial charge in [0.05, 0.1) is 4.90 Å². The maximum absolute atomic E-state index is 13.6. The lowest BCUT2D eigenvalue weighted by molar-refractivity contribution is 0.287. The molecule has 1 unspecified atom stereocenters. The van der Waals surface area contributed by atoms with E-state index < -0.39 is 16.3 Å². The Balaban J connectivity index is 2.35. The van der Waals surface area contributed by atoms with E-state index in [1.165, 1.54) is 12.1 Å². The molecule has 0 spiro atoms. The number of alkyl halides is 1. The van der Waals surface area contributed by atoms with E-state index in [-0.39, 0.29) is 4.90 Å². The molecule has 0 bridgehead atoms. The fourth-order valence-electron chi connectivity index (χ4n) is 2.09. The van der Waals surface area contributed by atoms with Crippen LogP contribution in [0, 0.1) is 0 Å². The average molecular weight is 302 g/mol. The lowest BCUT2D eigenvalue weighted by Crippen LogP contribution is -2.03. The van der Waals surface area contributed by atoms with E-state index >= 15 is 0 Å². The maximum atomic E-state index is 13.6. The Morgan fingerprint density at radius 2 is 1.75 bits per heavy atom. The molecule has 0 fully saturated rings. The lowest BCUT2D eigenvalue weighted by atomic mass is 10.0. The predicted molar refractivity (Wildman–Crippen MR) is 78.2 cm³/mol. The highest BCUT2D eigenvalue weighted by Gasteiger charge is 2.10. The normalized spacial score (nSPS) is 13.3. The largest absolute Gasteiger partial charge is 0.294 e. The molecular weight excluding hydrogens is 279 g/mol. The van der Waals surface area contributed by atoms with E-state index in [4.69, 9.17) is 4.55 Å². The van der Waals surface area contributed by atoms with Gasteiger partial charge in [0, 0.05) is 0 Å². The topological polar surface area (TPSA) is 54.4 Å². The first kappa shape index (κ1) is 17.1. The molecule has 0 heterocycles. The number of hydrogen-bond donors (Lipinski definition) is 1. The quantitative estimate of drug-likeness (QED) is 0.550. The molecular formula is C15H23FO3S. The minimum absolute atomic E-state index is 0.127. The Hall–Kier alpha value is -0.940. The fraction of sp³-hybridized carbons (Fsp3) is 0.600. The summed E-state index contributed by atoms with van der Waals surface area (Å²) in [5, 5.41) is 0. The Kier molecular flexibility index (Phi) is 7.16. The summed E-state index contributed by atoms with van der Waals surface area (Å²) in [7, 11) is -4.14. The van der Waals surface area contributed by atoms with Crippen molar-refractivity contribution in [3.05, 3.63) is 29.8 Å². The highest BCUT2D eigenvalue weighted by molar-refractivity contribution is 7.85. The first-order valence-corrected chi connectivity index (χ1v) is 8.58. The van der Waals surface area contributed by atoms with Gasteiger partial charge < -0.3 is 0 Å². The standard InChI is InChI=1S/C15H23FO3S/c1-2-3-4-5-6-14(16)10-7-13-8-11-15(12-9-13)20(17,18)19/h8-9,11-12,14H,2-7,10H2,1H3,(H,17,18,19). The summed E-state index contributed by atoms with van der Waals surface area (Å²) in [6.45, 7) is 2.13. The van der Waals surface area contributed by atoms with Crippen LogP contribution in [-0.4, -0.2) is 19.1 Å². The van der Waals surface area contributed by atoms with Crippen molar-refractivity contribution in [2.75, 3.05) is 0 Å². The molecule has 0 aromatic heterocycles. The van der Waals surface area contributed by atoms with Crippen LogP contribution in [0.1, 0.15) is 51.0 Å².